The maximum absolute atomic E-state index is 13.5. The first-order valence-electron chi connectivity index (χ1n) is 10.4. The van der Waals surface area contributed by atoms with Crippen LogP contribution in [0.3, 0.4) is 0 Å². The molecule has 0 unspecified atom stereocenters. The highest BCUT2D eigenvalue weighted by Crippen LogP contribution is 2.30. The van der Waals surface area contributed by atoms with Crippen LogP contribution in [0, 0.1) is 0 Å². The van der Waals surface area contributed by atoms with Crippen molar-refractivity contribution < 1.29 is 9.84 Å². The molecule has 0 amide bonds. The summed E-state index contributed by atoms with van der Waals surface area (Å²) >= 11 is 1.64. The predicted molar refractivity (Wildman–Crippen MR) is 123 cm³/mol. The minimum Gasteiger partial charge on any atom is -0.389 e. The number of aromatic nitrogens is 3. The maximum Gasteiger partial charge on any atom is 0.261 e. The lowest BCUT2D eigenvalue weighted by Gasteiger charge is -2.29. The Kier molecular flexibility index (Phi) is 4.41. The quantitative estimate of drug-likeness (QED) is 0.423. The van der Waals surface area contributed by atoms with Crippen LogP contribution in [0.15, 0.2) is 59.7 Å². The smallest absolute Gasteiger partial charge is 0.261 e. The second-order valence-electron chi connectivity index (χ2n) is 8.14. The number of rotatable bonds is 3. The Labute approximate surface area is 181 Å². The van der Waals surface area contributed by atoms with Gasteiger partial charge in [-0.25, -0.2) is 4.98 Å². The number of nitrogens with zero attached hydrogens (tertiary/aromatic N) is 2. The SMILES string of the molecule is O=c1c2cc(Cc3ccc4s[nH]c4c3)c3ccccc3c2ncn1[C@H]1CCOC[C@@H]1O. The number of hydrogen-bond acceptors (Lipinski definition) is 5. The molecule has 0 aliphatic carbocycles. The first-order chi connectivity index (χ1) is 15.2. The molecule has 6 rings (SSSR count). The Hall–Kier alpha value is -3.00. The Bertz CT molecular complexity index is 1480. The van der Waals surface area contributed by atoms with Gasteiger partial charge in [-0.3, -0.25) is 9.36 Å². The maximum atomic E-state index is 13.5. The van der Waals surface area contributed by atoms with Gasteiger partial charge in [-0.1, -0.05) is 41.9 Å². The summed E-state index contributed by atoms with van der Waals surface area (Å²) < 4.78 is 11.4. The topological polar surface area (TPSA) is 80.1 Å². The Morgan fingerprint density at radius 2 is 2.03 bits per heavy atom. The van der Waals surface area contributed by atoms with E-state index in [0.29, 0.717) is 23.9 Å². The van der Waals surface area contributed by atoms with Gasteiger partial charge in [-0.05, 0) is 47.6 Å². The summed E-state index contributed by atoms with van der Waals surface area (Å²) in [5.74, 6) is 0. The summed E-state index contributed by atoms with van der Waals surface area (Å²) in [6.07, 6.45) is 2.19. The molecule has 1 aliphatic heterocycles. The fourth-order valence-electron chi connectivity index (χ4n) is 4.61. The van der Waals surface area contributed by atoms with Gasteiger partial charge < -0.3 is 14.2 Å². The van der Waals surface area contributed by atoms with Gasteiger partial charge in [-0.2, -0.15) is 0 Å². The number of aliphatic hydroxyl groups is 1. The van der Waals surface area contributed by atoms with Crippen LogP contribution < -0.4 is 5.56 Å². The molecular formula is C24H21N3O3S. The number of fused-ring (bicyclic) bond motifs is 4. The summed E-state index contributed by atoms with van der Waals surface area (Å²) in [5.41, 5.74) is 4.04. The molecule has 1 aliphatic rings. The lowest BCUT2D eigenvalue weighted by atomic mass is 9.95. The van der Waals surface area contributed by atoms with Gasteiger partial charge in [-0.15, -0.1) is 0 Å². The number of ether oxygens (including phenoxy) is 1. The zero-order valence-corrected chi connectivity index (χ0v) is 17.6. The first kappa shape index (κ1) is 18.7. The largest absolute Gasteiger partial charge is 0.389 e. The zero-order valence-electron chi connectivity index (χ0n) is 16.7. The lowest BCUT2D eigenvalue weighted by molar-refractivity contribution is -0.0395. The molecule has 156 valence electrons. The van der Waals surface area contributed by atoms with Gasteiger partial charge in [0.05, 0.1) is 46.2 Å². The first-order valence-corrected chi connectivity index (χ1v) is 11.2. The van der Waals surface area contributed by atoms with E-state index in [9.17, 15) is 9.90 Å². The number of aliphatic hydroxyl groups excluding tert-OH is 1. The van der Waals surface area contributed by atoms with Crippen LogP contribution >= 0.6 is 11.5 Å². The molecule has 2 aromatic heterocycles. The van der Waals surface area contributed by atoms with Gasteiger partial charge in [0.2, 0.25) is 0 Å². The van der Waals surface area contributed by atoms with Gasteiger partial charge in [0.25, 0.3) is 5.56 Å². The van der Waals surface area contributed by atoms with E-state index in [4.69, 9.17) is 4.74 Å². The number of aromatic amines is 1. The molecule has 7 heteroatoms. The van der Waals surface area contributed by atoms with Crippen molar-refractivity contribution in [3.8, 4) is 0 Å². The van der Waals surface area contributed by atoms with Crippen molar-refractivity contribution in [2.45, 2.75) is 25.0 Å². The van der Waals surface area contributed by atoms with Crippen molar-refractivity contribution in [1.82, 2.24) is 13.9 Å². The van der Waals surface area contributed by atoms with Gasteiger partial charge in [0, 0.05) is 12.0 Å². The van der Waals surface area contributed by atoms with Crippen LogP contribution in [0.1, 0.15) is 23.6 Å². The van der Waals surface area contributed by atoms with Crippen molar-refractivity contribution in [3.05, 3.63) is 76.3 Å². The average Bonchev–Trinajstić information content (AvgIpc) is 2.77. The number of hydrogen-bond donors (Lipinski definition) is 2. The molecule has 3 aromatic carbocycles. The molecule has 0 spiro atoms. The molecule has 31 heavy (non-hydrogen) atoms. The minimum absolute atomic E-state index is 0.113. The van der Waals surface area contributed by atoms with E-state index in [0.717, 1.165) is 28.3 Å². The normalized spacial score (nSPS) is 19.5. The van der Waals surface area contributed by atoms with Crippen LogP contribution in [-0.4, -0.2) is 38.3 Å². The molecule has 1 fully saturated rings. The number of H-pyrrole nitrogens is 1. The van der Waals surface area contributed by atoms with Gasteiger partial charge >= 0.3 is 0 Å². The second kappa shape index (κ2) is 7.30. The molecule has 3 heterocycles. The molecule has 6 nitrogen and oxygen atoms in total. The number of benzene rings is 3. The molecule has 1 saturated heterocycles. The van der Waals surface area contributed by atoms with Gasteiger partial charge in [0.15, 0.2) is 0 Å². The van der Waals surface area contributed by atoms with Crippen LogP contribution in [-0.2, 0) is 11.2 Å². The highest BCUT2D eigenvalue weighted by Gasteiger charge is 2.27. The van der Waals surface area contributed by atoms with Crippen molar-refractivity contribution in [2.24, 2.45) is 0 Å². The van der Waals surface area contributed by atoms with Crippen LogP contribution in [0.4, 0.5) is 0 Å². The van der Waals surface area contributed by atoms with Crippen LogP contribution in [0.25, 0.3) is 31.9 Å². The molecule has 0 saturated carbocycles. The Balaban J connectivity index is 1.54. The summed E-state index contributed by atoms with van der Waals surface area (Å²) in [4.78, 5) is 18.1. The minimum atomic E-state index is -0.710. The summed E-state index contributed by atoms with van der Waals surface area (Å²) in [7, 11) is 0. The Morgan fingerprint density at radius 1 is 1.16 bits per heavy atom. The fraction of sp³-hybridized carbons (Fsp3) is 0.250. The summed E-state index contributed by atoms with van der Waals surface area (Å²) in [6.45, 7) is 0.766. The van der Waals surface area contributed by atoms with Crippen LogP contribution in [0.2, 0.25) is 0 Å². The highest BCUT2D eigenvalue weighted by atomic mass is 32.1. The van der Waals surface area contributed by atoms with Crippen LogP contribution in [0.5, 0.6) is 0 Å². The van der Waals surface area contributed by atoms with Crippen molar-refractivity contribution >= 4 is 43.4 Å². The molecule has 5 aromatic rings. The lowest BCUT2D eigenvalue weighted by Crippen LogP contribution is -2.39. The standard InChI is InChI=1S/C24H21N3O3S/c28-21-12-30-8-7-20(21)27-13-25-23-17-4-2-1-3-16(17)15(11-18(23)24(27)29)9-14-5-6-22-19(10-14)26-31-22/h1-6,10-11,13,20-21,26,28H,7-9,12H2/t20-,21-/m0/s1. The molecular weight excluding hydrogens is 410 g/mol. The van der Waals surface area contributed by atoms with Crippen molar-refractivity contribution in [2.75, 3.05) is 13.2 Å². The molecule has 0 radical (unpaired) electrons. The van der Waals surface area contributed by atoms with E-state index in [1.165, 1.54) is 10.3 Å². The van der Waals surface area contributed by atoms with E-state index in [-0.39, 0.29) is 18.2 Å². The third-order valence-electron chi connectivity index (χ3n) is 6.24. The molecule has 0 bridgehead atoms. The third kappa shape index (κ3) is 3.08. The zero-order chi connectivity index (χ0) is 20.9. The molecule has 2 atom stereocenters. The van der Waals surface area contributed by atoms with E-state index in [1.54, 1.807) is 22.4 Å². The van der Waals surface area contributed by atoms with E-state index < -0.39 is 6.10 Å². The van der Waals surface area contributed by atoms with E-state index in [2.05, 4.69) is 33.6 Å². The van der Waals surface area contributed by atoms with Crippen molar-refractivity contribution in [1.29, 1.82) is 0 Å². The third-order valence-corrected chi connectivity index (χ3v) is 7.13. The molecule has 2 N–H and O–H groups in total. The fourth-order valence-corrected chi connectivity index (χ4v) is 5.20. The van der Waals surface area contributed by atoms with E-state index >= 15 is 0 Å². The van der Waals surface area contributed by atoms with Crippen molar-refractivity contribution in [3.63, 3.8) is 0 Å². The van der Waals surface area contributed by atoms with E-state index in [1.807, 2.05) is 24.3 Å². The second-order valence-corrected chi connectivity index (χ2v) is 8.99. The summed E-state index contributed by atoms with van der Waals surface area (Å²) in [5, 5.41) is 13.0. The Morgan fingerprint density at radius 3 is 2.81 bits per heavy atom. The number of nitrogens with one attached hydrogen (secondary N) is 1. The average molecular weight is 432 g/mol. The highest BCUT2D eigenvalue weighted by molar-refractivity contribution is 7.15. The predicted octanol–water partition coefficient (Wildman–Crippen LogP) is 4.01. The summed E-state index contributed by atoms with van der Waals surface area (Å²) in [6, 6.07) is 16.2. The van der Waals surface area contributed by atoms with Gasteiger partial charge in [0.1, 0.15) is 0 Å². The monoisotopic (exact) mass is 431 g/mol.